The summed E-state index contributed by atoms with van der Waals surface area (Å²) in [6.07, 6.45) is 0.840. The molecule has 1 aromatic carbocycles. The van der Waals surface area contributed by atoms with Crippen LogP contribution in [0.15, 0.2) is 23.6 Å². The van der Waals surface area contributed by atoms with Crippen molar-refractivity contribution >= 4 is 17.0 Å². The second-order valence-electron chi connectivity index (χ2n) is 4.06. The lowest BCUT2D eigenvalue weighted by Gasteiger charge is -2.09. The highest BCUT2D eigenvalue weighted by atomic mass is 32.1. The Kier molecular flexibility index (Phi) is 4.37. The average molecular weight is 273 g/mol. The normalized spacial score (nSPS) is 9.95. The molecule has 0 unspecified atom stereocenters. The van der Waals surface area contributed by atoms with Gasteiger partial charge in [0.2, 0.25) is 0 Å². The molecule has 0 bridgehead atoms. The van der Waals surface area contributed by atoms with Crippen molar-refractivity contribution in [1.82, 2.24) is 4.98 Å². The number of methoxy groups -OCH3 is 1. The number of aromatic nitrogens is 1. The van der Waals surface area contributed by atoms with E-state index < -0.39 is 0 Å². The molecule has 1 N–H and O–H groups in total. The molecule has 0 radical (unpaired) electrons. The van der Waals surface area contributed by atoms with Crippen molar-refractivity contribution in [3.8, 4) is 11.8 Å². The summed E-state index contributed by atoms with van der Waals surface area (Å²) in [6.45, 7) is 2.74. The van der Waals surface area contributed by atoms with E-state index >= 15 is 0 Å². The van der Waals surface area contributed by atoms with E-state index in [1.165, 1.54) is 0 Å². The molecule has 4 nitrogen and oxygen atoms in total. The van der Waals surface area contributed by atoms with Gasteiger partial charge < -0.3 is 10.1 Å². The number of benzene rings is 1. The van der Waals surface area contributed by atoms with Gasteiger partial charge in [-0.3, -0.25) is 0 Å². The van der Waals surface area contributed by atoms with E-state index in [0.29, 0.717) is 5.56 Å². The third-order valence-corrected chi connectivity index (χ3v) is 3.53. The smallest absolute Gasteiger partial charge is 0.121 e. The highest BCUT2D eigenvalue weighted by Gasteiger charge is 2.04. The van der Waals surface area contributed by atoms with Crippen molar-refractivity contribution in [3.05, 3.63) is 39.8 Å². The van der Waals surface area contributed by atoms with Gasteiger partial charge in [-0.25, -0.2) is 4.98 Å². The molecule has 2 aromatic rings. The highest BCUT2D eigenvalue weighted by Crippen LogP contribution is 2.21. The van der Waals surface area contributed by atoms with Gasteiger partial charge in [0.25, 0.3) is 0 Å². The van der Waals surface area contributed by atoms with Crippen molar-refractivity contribution in [3.63, 3.8) is 0 Å². The molecule has 2 rings (SSSR count). The van der Waals surface area contributed by atoms with Crippen LogP contribution in [-0.4, -0.2) is 18.6 Å². The van der Waals surface area contributed by atoms with Gasteiger partial charge in [0.05, 0.1) is 29.1 Å². The third kappa shape index (κ3) is 3.46. The van der Waals surface area contributed by atoms with E-state index in [9.17, 15) is 0 Å². The predicted octanol–water partition coefficient (Wildman–Crippen LogP) is 2.99. The Bertz CT molecular complexity index is 601. The molecule has 0 atom stereocenters. The first-order chi connectivity index (χ1) is 9.22. The van der Waals surface area contributed by atoms with Crippen LogP contribution in [0.2, 0.25) is 0 Å². The summed E-state index contributed by atoms with van der Waals surface area (Å²) in [4.78, 5) is 4.41. The van der Waals surface area contributed by atoms with Crippen LogP contribution in [0.4, 0.5) is 5.69 Å². The lowest BCUT2D eigenvalue weighted by atomic mass is 10.2. The van der Waals surface area contributed by atoms with Crippen LogP contribution in [-0.2, 0) is 6.42 Å². The number of nitrogens with one attached hydrogen (secondary N) is 1. The monoisotopic (exact) mass is 273 g/mol. The third-order valence-electron chi connectivity index (χ3n) is 2.71. The molecule has 5 heteroatoms. The number of nitrogens with zero attached hydrogens (tertiary/aromatic N) is 2. The molecule has 0 spiro atoms. The quantitative estimate of drug-likeness (QED) is 0.910. The Balaban J connectivity index is 2.00. The molecule has 1 heterocycles. The molecule has 0 aliphatic carbocycles. The van der Waals surface area contributed by atoms with Crippen molar-refractivity contribution in [2.45, 2.75) is 13.3 Å². The molecule has 0 saturated heterocycles. The lowest BCUT2D eigenvalue weighted by Crippen LogP contribution is -2.06. The zero-order chi connectivity index (χ0) is 13.7. The summed E-state index contributed by atoms with van der Waals surface area (Å²) >= 11 is 1.65. The van der Waals surface area contributed by atoms with Gasteiger partial charge in [-0.2, -0.15) is 5.26 Å². The van der Waals surface area contributed by atoms with Gasteiger partial charge in [0.15, 0.2) is 0 Å². The number of nitriles is 1. The number of rotatable bonds is 5. The zero-order valence-corrected chi connectivity index (χ0v) is 11.8. The van der Waals surface area contributed by atoms with Crippen molar-refractivity contribution in [2.24, 2.45) is 0 Å². The van der Waals surface area contributed by atoms with Crippen molar-refractivity contribution < 1.29 is 4.74 Å². The fourth-order valence-electron chi connectivity index (χ4n) is 1.74. The summed E-state index contributed by atoms with van der Waals surface area (Å²) in [7, 11) is 1.61. The standard InChI is InChI=1S/C14H15N3OS/c1-10-17-12(9-19-10)5-6-16-14-7-13(18-2)4-3-11(14)8-15/h3-4,7,9,16H,5-6H2,1-2H3. The fourth-order valence-corrected chi connectivity index (χ4v) is 2.39. The lowest BCUT2D eigenvalue weighted by molar-refractivity contribution is 0.415. The summed E-state index contributed by atoms with van der Waals surface area (Å²) < 4.78 is 5.16. The minimum atomic E-state index is 0.621. The van der Waals surface area contributed by atoms with Gasteiger partial charge in [-0.15, -0.1) is 11.3 Å². The molecular weight excluding hydrogens is 258 g/mol. The summed E-state index contributed by atoms with van der Waals surface area (Å²) in [5, 5.41) is 15.5. The number of thiazole rings is 1. The highest BCUT2D eigenvalue weighted by molar-refractivity contribution is 7.09. The van der Waals surface area contributed by atoms with E-state index in [-0.39, 0.29) is 0 Å². The van der Waals surface area contributed by atoms with Crippen molar-refractivity contribution in [1.29, 1.82) is 5.26 Å². The molecule has 0 amide bonds. The van der Waals surface area contributed by atoms with Crippen molar-refractivity contribution in [2.75, 3.05) is 19.0 Å². The topological polar surface area (TPSA) is 57.9 Å². The van der Waals surface area contributed by atoms with Crippen LogP contribution >= 0.6 is 11.3 Å². The second-order valence-corrected chi connectivity index (χ2v) is 5.12. The largest absolute Gasteiger partial charge is 0.497 e. The molecule has 1 aromatic heterocycles. The van der Waals surface area contributed by atoms with E-state index in [0.717, 1.165) is 35.1 Å². The molecule has 0 aliphatic rings. The maximum absolute atomic E-state index is 9.06. The van der Waals surface area contributed by atoms with Gasteiger partial charge >= 0.3 is 0 Å². The average Bonchev–Trinajstić information content (AvgIpc) is 2.84. The Morgan fingerprint density at radius 3 is 2.95 bits per heavy atom. The first-order valence-electron chi connectivity index (χ1n) is 5.96. The molecule has 98 valence electrons. The van der Waals surface area contributed by atoms with Gasteiger partial charge in [-0.05, 0) is 19.1 Å². The van der Waals surface area contributed by atoms with Crippen LogP contribution in [0.25, 0.3) is 0 Å². The summed E-state index contributed by atoms with van der Waals surface area (Å²) in [5.74, 6) is 0.742. The zero-order valence-electron chi connectivity index (χ0n) is 10.9. The van der Waals surface area contributed by atoms with Gasteiger partial charge in [-0.1, -0.05) is 0 Å². The molecule has 0 fully saturated rings. The van der Waals surface area contributed by atoms with E-state index in [2.05, 4.69) is 21.8 Å². The van der Waals surface area contributed by atoms with E-state index in [4.69, 9.17) is 10.00 Å². The van der Waals surface area contributed by atoms with E-state index in [1.54, 1.807) is 30.6 Å². The van der Waals surface area contributed by atoms with E-state index in [1.807, 2.05) is 13.0 Å². The maximum Gasteiger partial charge on any atom is 0.121 e. The molecule has 19 heavy (non-hydrogen) atoms. The van der Waals surface area contributed by atoms with Crippen LogP contribution in [0.1, 0.15) is 16.3 Å². The number of hydrogen-bond acceptors (Lipinski definition) is 5. The first-order valence-corrected chi connectivity index (χ1v) is 6.84. The molecular formula is C14H15N3OS. The Labute approximate surface area is 116 Å². The molecule has 0 saturated carbocycles. The number of ether oxygens (including phenoxy) is 1. The number of anilines is 1. The SMILES string of the molecule is COc1ccc(C#N)c(NCCc2csc(C)n2)c1. The van der Waals surface area contributed by atoms with Gasteiger partial charge in [0, 0.05) is 24.4 Å². The summed E-state index contributed by atoms with van der Waals surface area (Å²) in [5.41, 5.74) is 2.50. The Hall–Kier alpha value is -2.06. The minimum absolute atomic E-state index is 0.621. The first kappa shape index (κ1) is 13.4. The number of hydrogen-bond donors (Lipinski definition) is 1. The number of aryl methyl sites for hydroxylation is 1. The predicted molar refractivity (Wildman–Crippen MR) is 76.8 cm³/mol. The fraction of sp³-hybridized carbons (Fsp3) is 0.286. The minimum Gasteiger partial charge on any atom is -0.497 e. The summed E-state index contributed by atoms with van der Waals surface area (Å²) in [6, 6.07) is 7.55. The van der Waals surface area contributed by atoms with Crippen LogP contribution < -0.4 is 10.1 Å². The maximum atomic E-state index is 9.06. The Morgan fingerprint density at radius 2 is 2.32 bits per heavy atom. The van der Waals surface area contributed by atoms with Gasteiger partial charge in [0.1, 0.15) is 11.8 Å². The van der Waals surface area contributed by atoms with Crippen LogP contribution in [0, 0.1) is 18.3 Å². The second kappa shape index (κ2) is 6.21. The van der Waals surface area contributed by atoms with Crippen LogP contribution in [0.5, 0.6) is 5.75 Å². The Morgan fingerprint density at radius 1 is 1.47 bits per heavy atom. The molecule has 0 aliphatic heterocycles. The van der Waals surface area contributed by atoms with Crippen LogP contribution in [0.3, 0.4) is 0 Å².